The van der Waals surface area contributed by atoms with Crippen LogP contribution in [0.3, 0.4) is 0 Å². The quantitative estimate of drug-likeness (QED) is 0.408. The summed E-state index contributed by atoms with van der Waals surface area (Å²) in [5, 5.41) is 2.83. The molecule has 3 aromatic carbocycles. The Morgan fingerprint density at radius 3 is 2.05 bits per heavy atom. The molecule has 37 heavy (non-hydrogen) atoms. The highest BCUT2D eigenvalue weighted by Crippen LogP contribution is 2.18. The van der Waals surface area contributed by atoms with Crippen LogP contribution < -0.4 is 5.32 Å². The molecule has 0 spiro atoms. The Hall–Kier alpha value is -4.46. The van der Waals surface area contributed by atoms with Crippen LogP contribution in [0.2, 0.25) is 0 Å². The lowest BCUT2D eigenvalue weighted by atomic mass is 9.96. The first kappa shape index (κ1) is 25.6. The van der Waals surface area contributed by atoms with Gasteiger partial charge in [0, 0.05) is 43.0 Å². The third-order valence-electron chi connectivity index (χ3n) is 6.43. The summed E-state index contributed by atoms with van der Waals surface area (Å²) in [5.41, 5.74) is 3.57. The van der Waals surface area contributed by atoms with Gasteiger partial charge >= 0.3 is 12.0 Å². The number of ether oxygens (including phenoxy) is 1. The Morgan fingerprint density at radius 1 is 0.757 bits per heavy atom. The first-order chi connectivity index (χ1) is 17.8. The van der Waals surface area contributed by atoms with E-state index >= 15 is 0 Å². The smallest absolute Gasteiger partial charge is 0.339 e. The molecule has 190 valence electrons. The van der Waals surface area contributed by atoms with Crippen molar-refractivity contribution in [3.8, 4) is 0 Å². The van der Waals surface area contributed by atoms with Gasteiger partial charge in [0.15, 0.2) is 12.4 Å². The summed E-state index contributed by atoms with van der Waals surface area (Å²) in [6.07, 6.45) is 0. The second-order valence-corrected chi connectivity index (χ2v) is 8.91. The number of hydrogen-bond acceptors (Lipinski definition) is 5. The largest absolute Gasteiger partial charge is 0.452 e. The number of benzene rings is 3. The number of carbonyl (C=O) groups excluding carboxylic acids is 4. The van der Waals surface area contributed by atoms with Crippen molar-refractivity contribution in [2.24, 2.45) is 0 Å². The lowest BCUT2D eigenvalue weighted by molar-refractivity contribution is -0.135. The van der Waals surface area contributed by atoms with E-state index in [4.69, 9.17) is 4.74 Å². The lowest BCUT2D eigenvalue weighted by Gasteiger charge is -2.34. The number of aryl methyl sites for hydroxylation is 2. The molecule has 0 aliphatic carbocycles. The predicted molar refractivity (Wildman–Crippen MR) is 140 cm³/mol. The van der Waals surface area contributed by atoms with E-state index < -0.39 is 12.6 Å². The summed E-state index contributed by atoms with van der Waals surface area (Å²) in [6.45, 7) is 4.85. The van der Waals surface area contributed by atoms with E-state index in [1.54, 1.807) is 52.3 Å². The molecule has 1 aliphatic heterocycles. The highest BCUT2D eigenvalue weighted by Gasteiger charge is 2.26. The molecule has 8 heteroatoms. The minimum absolute atomic E-state index is 0.112. The maximum Gasteiger partial charge on any atom is 0.339 e. The zero-order valence-electron chi connectivity index (χ0n) is 20.9. The topological polar surface area (TPSA) is 96.0 Å². The van der Waals surface area contributed by atoms with Crippen LogP contribution >= 0.6 is 0 Å². The lowest BCUT2D eigenvalue weighted by Crippen LogP contribution is -2.52. The van der Waals surface area contributed by atoms with Crippen molar-refractivity contribution in [1.29, 1.82) is 0 Å². The molecule has 1 N–H and O–H groups in total. The first-order valence-corrected chi connectivity index (χ1v) is 12.1. The Morgan fingerprint density at radius 2 is 1.38 bits per heavy atom. The summed E-state index contributed by atoms with van der Waals surface area (Å²) in [6, 6.07) is 20.8. The summed E-state index contributed by atoms with van der Waals surface area (Å²) in [4.78, 5) is 54.2. The van der Waals surface area contributed by atoms with Gasteiger partial charge in [0.05, 0.1) is 5.56 Å². The van der Waals surface area contributed by atoms with Gasteiger partial charge in [-0.1, -0.05) is 48.5 Å². The number of urea groups is 1. The Bertz CT molecular complexity index is 1310. The number of nitrogens with one attached hydrogen (secondary N) is 1. The van der Waals surface area contributed by atoms with Crippen LogP contribution in [-0.4, -0.2) is 66.3 Å². The normalized spacial score (nSPS) is 13.1. The number of para-hydroxylation sites is 1. The minimum Gasteiger partial charge on any atom is -0.452 e. The number of carbonyl (C=O) groups is 4. The molecular weight excluding hydrogens is 470 g/mol. The van der Waals surface area contributed by atoms with Gasteiger partial charge < -0.3 is 19.9 Å². The Kier molecular flexibility index (Phi) is 7.98. The molecular formula is C29H29N3O5. The van der Waals surface area contributed by atoms with Gasteiger partial charge in [-0.15, -0.1) is 0 Å². The maximum absolute atomic E-state index is 13.1. The zero-order valence-corrected chi connectivity index (χ0v) is 20.9. The second-order valence-electron chi connectivity index (χ2n) is 8.91. The average Bonchev–Trinajstić information content (AvgIpc) is 2.93. The summed E-state index contributed by atoms with van der Waals surface area (Å²) >= 11 is 0. The van der Waals surface area contributed by atoms with Crippen molar-refractivity contribution < 1.29 is 23.9 Å². The number of rotatable bonds is 6. The standard InChI is InChI=1S/C29H29N3O5/c1-20-12-13-22(18-21(20)2)27(34)24-10-6-7-11-25(24)28(35)37-19-26(33)31-14-16-32(17-15-31)29(36)30-23-8-4-3-5-9-23/h3-13,18H,14-17,19H2,1-2H3,(H,30,36). The van der Waals surface area contributed by atoms with Gasteiger partial charge in [-0.2, -0.15) is 0 Å². The average molecular weight is 500 g/mol. The summed E-state index contributed by atoms with van der Waals surface area (Å²) in [5.74, 6) is -1.37. The molecule has 3 amide bonds. The molecule has 0 aromatic heterocycles. The number of piperazine rings is 1. The molecule has 0 radical (unpaired) electrons. The van der Waals surface area contributed by atoms with Crippen LogP contribution in [0.5, 0.6) is 0 Å². The van der Waals surface area contributed by atoms with Crippen molar-refractivity contribution in [2.75, 3.05) is 38.1 Å². The summed E-state index contributed by atoms with van der Waals surface area (Å²) < 4.78 is 5.29. The van der Waals surface area contributed by atoms with Crippen LogP contribution in [0.4, 0.5) is 10.5 Å². The SMILES string of the molecule is Cc1ccc(C(=O)c2ccccc2C(=O)OCC(=O)N2CCN(C(=O)Nc3ccccc3)CC2)cc1C. The molecule has 1 saturated heterocycles. The number of amides is 3. The molecule has 4 rings (SSSR count). The third-order valence-corrected chi connectivity index (χ3v) is 6.43. The van der Waals surface area contributed by atoms with E-state index in [-0.39, 0.29) is 28.8 Å². The predicted octanol–water partition coefficient (Wildman–Crippen LogP) is 4.07. The van der Waals surface area contributed by atoms with Crippen molar-refractivity contribution in [2.45, 2.75) is 13.8 Å². The molecule has 0 bridgehead atoms. The highest BCUT2D eigenvalue weighted by molar-refractivity contribution is 6.14. The van der Waals surface area contributed by atoms with Crippen LogP contribution in [-0.2, 0) is 9.53 Å². The van der Waals surface area contributed by atoms with Gasteiger partial charge in [0.1, 0.15) is 0 Å². The van der Waals surface area contributed by atoms with Crippen LogP contribution in [0, 0.1) is 13.8 Å². The Balaban J connectivity index is 1.31. The van der Waals surface area contributed by atoms with E-state index in [1.165, 1.54) is 6.07 Å². The molecule has 1 fully saturated rings. The number of esters is 1. The van der Waals surface area contributed by atoms with E-state index in [1.807, 2.05) is 38.1 Å². The highest BCUT2D eigenvalue weighted by atomic mass is 16.5. The number of anilines is 1. The maximum atomic E-state index is 13.1. The molecule has 0 saturated carbocycles. The Labute approximate surface area is 215 Å². The van der Waals surface area contributed by atoms with E-state index in [0.29, 0.717) is 37.4 Å². The molecule has 3 aromatic rings. The van der Waals surface area contributed by atoms with Crippen molar-refractivity contribution in [3.63, 3.8) is 0 Å². The zero-order chi connectivity index (χ0) is 26.4. The molecule has 0 atom stereocenters. The van der Waals surface area contributed by atoms with Crippen molar-refractivity contribution in [3.05, 3.63) is 101 Å². The van der Waals surface area contributed by atoms with Crippen LogP contribution in [0.15, 0.2) is 72.8 Å². The van der Waals surface area contributed by atoms with Crippen LogP contribution in [0.1, 0.15) is 37.4 Å². The fraction of sp³-hybridized carbons (Fsp3) is 0.241. The summed E-state index contributed by atoms with van der Waals surface area (Å²) in [7, 11) is 0. The van der Waals surface area contributed by atoms with Gasteiger partial charge in [-0.3, -0.25) is 9.59 Å². The number of nitrogens with zero attached hydrogens (tertiary/aromatic N) is 2. The first-order valence-electron chi connectivity index (χ1n) is 12.1. The van der Waals surface area contributed by atoms with E-state index in [9.17, 15) is 19.2 Å². The molecule has 8 nitrogen and oxygen atoms in total. The number of hydrogen-bond donors (Lipinski definition) is 1. The van der Waals surface area contributed by atoms with Crippen LogP contribution in [0.25, 0.3) is 0 Å². The van der Waals surface area contributed by atoms with Gasteiger partial charge in [0.2, 0.25) is 0 Å². The molecule has 0 unspecified atom stereocenters. The van der Waals surface area contributed by atoms with Gasteiger partial charge in [-0.25, -0.2) is 9.59 Å². The van der Waals surface area contributed by atoms with Gasteiger partial charge in [0.25, 0.3) is 5.91 Å². The second kappa shape index (κ2) is 11.5. The number of ketones is 1. The monoisotopic (exact) mass is 499 g/mol. The fourth-order valence-corrected chi connectivity index (χ4v) is 4.08. The molecule has 1 heterocycles. The van der Waals surface area contributed by atoms with E-state index in [0.717, 1.165) is 11.1 Å². The fourth-order valence-electron chi connectivity index (χ4n) is 4.08. The third kappa shape index (κ3) is 6.22. The van der Waals surface area contributed by atoms with E-state index in [2.05, 4.69) is 5.32 Å². The van der Waals surface area contributed by atoms with Crippen molar-refractivity contribution >= 4 is 29.4 Å². The van der Waals surface area contributed by atoms with Gasteiger partial charge in [-0.05, 0) is 49.2 Å². The van der Waals surface area contributed by atoms with Crippen molar-refractivity contribution in [1.82, 2.24) is 9.80 Å². The minimum atomic E-state index is -0.734. The molecule has 1 aliphatic rings.